The van der Waals surface area contributed by atoms with E-state index >= 15 is 0 Å². The molecule has 0 bridgehead atoms. The molecule has 4 aromatic rings. The molecular weight excluding hydrogens is 436 g/mol. The highest BCUT2D eigenvalue weighted by Gasteiger charge is 2.26. The largest absolute Gasteiger partial charge is 0.494 e. The third-order valence-electron chi connectivity index (χ3n) is 6.03. The lowest BCUT2D eigenvalue weighted by Crippen LogP contribution is -3.08. The molecule has 0 fully saturated rings. The van der Waals surface area contributed by atoms with Gasteiger partial charge in [-0.3, -0.25) is 4.79 Å². The van der Waals surface area contributed by atoms with Crippen LogP contribution in [0.2, 0.25) is 0 Å². The molecule has 174 valence electrons. The Labute approximate surface area is 197 Å². The molecule has 0 radical (unpaired) electrons. The predicted octanol–water partition coefficient (Wildman–Crippen LogP) is 2.91. The summed E-state index contributed by atoms with van der Waals surface area (Å²) in [6, 6.07) is 11.9. The quantitative estimate of drug-likeness (QED) is 0.374. The number of pyridine rings is 1. The number of hydrogen-bond acceptors (Lipinski definition) is 6. The molecule has 0 spiro atoms. The number of benzene rings is 1. The van der Waals surface area contributed by atoms with Crippen LogP contribution in [-0.2, 0) is 25.2 Å². The second kappa shape index (κ2) is 9.84. The number of ether oxygens (including phenoxy) is 1. The fourth-order valence-corrected chi connectivity index (χ4v) is 4.67. The summed E-state index contributed by atoms with van der Waals surface area (Å²) in [6.45, 7) is 10.9. The van der Waals surface area contributed by atoms with Crippen LogP contribution in [0, 0.1) is 0 Å². The molecule has 4 rings (SSSR count). The SMILES string of the molecule is CCOc1ccc2[nH]c(=O)c(C[NH+](Cc3cccs3)Cc3nnnn3C(C)(C)CC)cc2c1. The van der Waals surface area contributed by atoms with Crippen LogP contribution in [0.15, 0.2) is 46.6 Å². The number of nitrogens with one attached hydrogen (secondary N) is 2. The average molecular weight is 468 g/mol. The van der Waals surface area contributed by atoms with Gasteiger partial charge in [0.1, 0.15) is 25.4 Å². The van der Waals surface area contributed by atoms with Gasteiger partial charge < -0.3 is 14.6 Å². The first-order valence-corrected chi connectivity index (χ1v) is 12.2. The first-order chi connectivity index (χ1) is 15.9. The van der Waals surface area contributed by atoms with Crippen LogP contribution in [0.3, 0.4) is 0 Å². The van der Waals surface area contributed by atoms with Crippen molar-refractivity contribution >= 4 is 22.2 Å². The van der Waals surface area contributed by atoms with E-state index in [9.17, 15) is 4.79 Å². The number of H-pyrrole nitrogens is 1. The van der Waals surface area contributed by atoms with Crippen molar-refractivity contribution in [2.45, 2.75) is 59.3 Å². The molecule has 1 atom stereocenters. The Kier molecular flexibility index (Phi) is 6.90. The van der Waals surface area contributed by atoms with Crippen LogP contribution in [0.5, 0.6) is 5.75 Å². The van der Waals surface area contributed by atoms with E-state index < -0.39 is 0 Å². The number of nitrogens with zero attached hydrogens (tertiary/aromatic N) is 4. The maximum absolute atomic E-state index is 12.9. The van der Waals surface area contributed by atoms with E-state index in [4.69, 9.17) is 4.74 Å². The zero-order chi connectivity index (χ0) is 23.4. The maximum atomic E-state index is 12.9. The topological polar surface area (TPSA) is 90.1 Å². The van der Waals surface area contributed by atoms with Gasteiger partial charge in [-0.15, -0.1) is 16.4 Å². The van der Waals surface area contributed by atoms with Crippen molar-refractivity contribution < 1.29 is 9.64 Å². The number of rotatable bonds is 10. The van der Waals surface area contributed by atoms with Crippen molar-refractivity contribution in [1.82, 2.24) is 25.2 Å². The third kappa shape index (κ3) is 5.31. The first-order valence-electron chi connectivity index (χ1n) is 11.3. The molecule has 3 aromatic heterocycles. The summed E-state index contributed by atoms with van der Waals surface area (Å²) in [6.07, 6.45) is 0.914. The van der Waals surface area contributed by atoms with E-state index in [0.29, 0.717) is 19.7 Å². The molecule has 3 heterocycles. The van der Waals surface area contributed by atoms with Gasteiger partial charge in [0.15, 0.2) is 0 Å². The second-order valence-electron chi connectivity index (χ2n) is 8.84. The molecule has 0 saturated heterocycles. The molecule has 0 aliphatic carbocycles. The number of fused-ring (bicyclic) bond motifs is 1. The molecule has 8 nitrogen and oxygen atoms in total. The van der Waals surface area contributed by atoms with Crippen LogP contribution in [0.25, 0.3) is 10.9 Å². The summed E-state index contributed by atoms with van der Waals surface area (Å²) >= 11 is 1.72. The number of thiophene rings is 1. The Hall–Kier alpha value is -3.04. The molecule has 2 N–H and O–H groups in total. The van der Waals surface area contributed by atoms with E-state index in [1.54, 1.807) is 11.3 Å². The lowest BCUT2D eigenvalue weighted by molar-refractivity contribution is -0.941. The lowest BCUT2D eigenvalue weighted by Gasteiger charge is -2.25. The Morgan fingerprint density at radius 1 is 1.15 bits per heavy atom. The van der Waals surface area contributed by atoms with Crippen LogP contribution in [0.1, 0.15) is 50.4 Å². The van der Waals surface area contributed by atoms with Gasteiger partial charge in [-0.2, -0.15) is 0 Å². The van der Waals surface area contributed by atoms with E-state index in [1.165, 1.54) is 9.78 Å². The van der Waals surface area contributed by atoms with Gasteiger partial charge >= 0.3 is 0 Å². The van der Waals surface area contributed by atoms with Gasteiger partial charge in [0.05, 0.1) is 22.6 Å². The molecule has 9 heteroatoms. The summed E-state index contributed by atoms with van der Waals surface area (Å²) < 4.78 is 7.56. The standard InChI is InChI=1S/C24H30N6O2S/c1-5-24(3,4)30-22(26-27-28-30)16-29(15-20-8-7-11-33-20)14-18-12-17-13-19(32-6-2)9-10-21(17)25-23(18)31/h7-13H,5-6,14-16H2,1-4H3,(H,25,31)/p+1. The Morgan fingerprint density at radius 3 is 2.73 bits per heavy atom. The number of quaternary nitrogens is 1. The van der Waals surface area contributed by atoms with Gasteiger partial charge in [0, 0.05) is 10.9 Å². The highest BCUT2D eigenvalue weighted by atomic mass is 32.1. The summed E-state index contributed by atoms with van der Waals surface area (Å²) in [5, 5.41) is 15.6. The predicted molar refractivity (Wildman–Crippen MR) is 130 cm³/mol. The summed E-state index contributed by atoms with van der Waals surface area (Å²) in [5.74, 6) is 1.62. The Morgan fingerprint density at radius 2 is 2.00 bits per heavy atom. The first kappa shape index (κ1) is 23.1. The number of tetrazole rings is 1. The van der Waals surface area contributed by atoms with Crippen LogP contribution in [0.4, 0.5) is 0 Å². The molecule has 0 saturated carbocycles. The zero-order valence-corrected chi connectivity index (χ0v) is 20.4. The van der Waals surface area contributed by atoms with Crippen molar-refractivity contribution in [2.24, 2.45) is 0 Å². The number of aromatic amines is 1. The van der Waals surface area contributed by atoms with Gasteiger partial charge in [-0.25, -0.2) is 4.68 Å². The van der Waals surface area contributed by atoms with Gasteiger partial charge in [-0.1, -0.05) is 13.0 Å². The fourth-order valence-electron chi connectivity index (χ4n) is 3.89. The summed E-state index contributed by atoms with van der Waals surface area (Å²) in [5.41, 5.74) is 1.30. The van der Waals surface area contributed by atoms with Crippen molar-refractivity contribution in [3.8, 4) is 5.75 Å². The van der Waals surface area contributed by atoms with E-state index in [2.05, 4.69) is 58.8 Å². The molecule has 0 aliphatic heterocycles. The average Bonchev–Trinajstić information content (AvgIpc) is 3.47. The van der Waals surface area contributed by atoms with Crippen molar-refractivity contribution in [3.63, 3.8) is 0 Å². The molecule has 1 unspecified atom stereocenters. The molecule has 33 heavy (non-hydrogen) atoms. The van der Waals surface area contributed by atoms with Crippen LogP contribution >= 0.6 is 11.3 Å². The smallest absolute Gasteiger partial charge is 0.257 e. The highest BCUT2D eigenvalue weighted by Crippen LogP contribution is 2.20. The van der Waals surface area contributed by atoms with Crippen LogP contribution in [-0.4, -0.2) is 31.8 Å². The van der Waals surface area contributed by atoms with E-state index in [1.807, 2.05) is 35.9 Å². The molecule has 0 aliphatic rings. The Bertz CT molecular complexity index is 1260. The maximum Gasteiger partial charge on any atom is 0.257 e. The van der Waals surface area contributed by atoms with Crippen molar-refractivity contribution in [3.05, 3.63) is 68.4 Å². The minimum atomic E-state index is -0.178. The van der Waals surface area contributed by atoms with Crippen LogP contribution < -0.4 is 15.2 Å². The fraction of sp³-hybridized carbons (Fsp3) is 0.417. The number of aromatic nitrogens is 5. The lowest BCUT2D eigenvalue weighted by atomic mass is 10.0. The van der Waals surface area contributed by atoms with Gasteiger partial charge in [-0.05, 0) is 73.3 Å². The number of hydrogen-bond donors (Lipinski definition) is 2. The summed E-state index contributed by atoms with van der Waals surface area (Å²) in [7, 11) is 0. The molecular formula is C24H31N6O2S+. The normalized spacial score (nSPS) is 12.8. The minimum Gasteiger partial charge on any atom is -0.494 e. The highest BCUT2D eigenvalue weighted by molar-refractivity contribution is 7.09. The van der Waals surface area contributed by atoms with Gasteiger partial charge in [0.2, 0.25) is 5.82 Å². The van der Waals surface area contributed by atoms with E-state index in [-0.39, 0.29) is 11.1 Å². The monoisotopic (exact) mass is 467 g/mol. The second-order valence-corrected chi connectivity index (χ2v) is 9.87. The van der Waals surface area contributed by atoms with Gasteiger partial charge in [0.25, 0.3) is 5.56 Å². The Balaban J connectivity index is 1.66. The van der Waals surface area contributed by atoms with Crippen molar-refractivity contribution in [2.75, 3.05) is 6.61 Å². The molecule has 0 amide bonds. The molecule has 1 aromatic carbocycles. The minimum absolute atomic E-state index is 0.0659. The van der Waals surface area contributed by atoms with Crippen molar-refractivity contribution in [1.29, 1.82) is 0 Å². The summed E-state index contributed by atoms with van der Waals surface area (Å²) in [4.78, 5) is 18.4. The van der Waals surface area contributed by atoms with E-state index in [0.717, 1.165) is 41.0 Å². The third-order valence-corrected chi connectivity index (χ3v) is 6.91. The zero-order valence-electron chi connectivity index (χ0n) is 19.6.